The van der Waals surface area contributed by atoms with E-state index in [1.54, 1.807) is 0 Å². The average molecular weight is 223 g/mol. The van der Waals surface area contributed by atoms with E-state index in [4.69, 9.17) is 23.2 Å². The number of carbonyl (C=O) groups excluding carboxylic acids is 1. The van der Waals surface area contributed by atoms with E-state index < -0.39 is 5.62 Å². The van der Waals surface area contributed by atoms with Gasteiger partial charge in [0.05, 0.1) is 5.92 Å². The Bertz CT molecular complexity index is 224. The molecular formula is C8H12Cl2N2O. The molecule has 0 aromatic carbocycles. The van der Waals surface area contributed by atoms with E-state index in [0.29, 0.717) is 0 Å². The van der Waals surface area contributed by atoms with Crippen molar-refractivity contribution in [2.24, 2.45) is 5.92 Å². The molecule has 5 heteroatoms. The topological polar surface area (TPSA) is 41.1 Å². The van der Waals surface area contributed by atoms with Gasteiger partial charge in [-0.2, -0.15) is 0 Å². The Morgan fingerprint density at radius 2 is 2.08 bits per heavy atom. The monoisotopic (exact) mass is 222 g/mol. The number of rotatable bonds is 0. The van der Waals surface area contributed by atoms with Gasteiger partial charge in [-0.1, -0.05) is 18.0 Å². The van der Waals surface area contributed by atoms with Gasteiger partial charge in [0.15, 0.2) is 5.62 Å². The van der Waals surface area contributed by atoms with Gasteiger partial charge in [0.2, 0.25) is 5.91 Å². The molecule has 0 radical (unpaired) electrons. The van der Waals surface area contributed by atoms with Crippen LogP contribution in [0.1, 0.15) is 19.3 Å². The summed E-state index contributed by atoms with van der Waals surface area (Å²) in [6.45, 7) is 0. The molecule has 1 aliphatic carbocycles. The van der Waals surface area contributed by atoms with E-state index in [1.165, 1.54) is 0 Å². The first-order valence-corrected chi connectivity index (χ1v) is 5.40. The van der Waals surface area contributed by atoms with Crippen LogP contribution in [0, 0.1) is 5.92 Å². The molecule has 3 nitrogen and oxygen atoms in total. The Morgan fingerprint density at radius 1 is 1.31 bits per heavy atom. The van der Waals surface area contributed by atoms with Gasteiger partial charge < -0.3 is 5.32 Å². The zero-order chi connectivity index (χ0) is 9.42. The van der Waals surface area contributed by atoms with Gasteiger partial charge in [0.25, 0.3) is 0 Å². The van der Waals surface area contributed by atoms with Crippen molar-refractivity contribution < 1.29 is 4.79 Å². The van der Waals surface area contributed by atoms with Gasteiger partial charge in [0.1, 0.15) is 0 Å². The van der Waals surface area contributed by atoms with Gasteiger partial charge in [-0.3, -0.25) is 10.1 Å². The molecule has 4 atom stereocenters. The zero-order valence-corrected chi connectivity index (χ0v) is 8.61. The number of hydrogen-bond acceptors (Lipinski definition) is 2. The van der Waals surface area contributed by atoms with Crippen LogP contribution in [0.5, 0.6) is 0 Å². The molecule has 2 fully saturated rings. The van der Waals surface area contributed by atoms with Crippen molar-refractivity contribution in [3.63, 3.8) is 0 Å². The van der Waals surface area contributed by atoms with Gasteiger partial charge in [-0.15, -0.1) is 11.6 Å². The molecule has 2 N–H and O–H groups in total. The second-order valence-corrected chi connectivity index (χ2v) is 4.61. The van der Waals surface area contributed by atoms with Crippen LogP contribution in [0.15, 0.2) is 0 Å². The standard InChI is InChI=1S/C8H12Cl2N2O/c9-4-2-1-3-5-6(4)7(13)12-8(10)11-5/h4-6,8,11H,1-3H2,(H,12,13). The van der Waals surface area contributed by atoms with Gasteiger partial charge in [0, 0.05) is 11.4 Å². The quantitative estimate of drug-likeness (QED) is 0.475. The first-order valence-electron chi connectivity index (χ1n) is 4.53. The van der Waals surface area contributed by atoms with Crippen LogP contribution in [0.25, 0.3) is 0 Å². The average Bonchev–Trinajstić information content (AvgIpc) is 2.02. The van der Waals surface area contributed by atoms with Gasteiger partial charge >= 0.3 is 0 Å². The van der Waals surface area contributed by atoms with Crippen LogP contribution in [0.4, 0.5) is 0 Å². The van der Waals surface area contributed by atoms with Crippen LogP contribution < -0.4 is 10.6 Å². The highest BCUT2D eigenvalue weighted by Gasteiger charge is 2.41. The number of amides is 1. The van der Waals surface area contributed by atoms with Crippen molar-refractivity contribution in [3.8, 4) is 0 Å². The fourth-order valence-electron chi connectivity index (χ4n) is 2.13. The molecular weight excluding hydrogens is 211 g/mol. The van der Waals surface area contributed by atoms with Crippen molar-refractivity contribution in [1.82, 2.24) is 10.6 Å². The maximum Gasteiger partial charge on any atom is 0.228 e. The second kappa shape index (κ2) is 3.64. The minimum absolute atomic E-state index is 0.0107. The molecule has 4 unspecified atom stereocenters. The van der Waals surface area contributed by atoms with Crippen molar-refractivity contribution in [2.45, 2.75) is 36.3 Å². The Hall–Kier alpha value is 0.01000. The lowest BCUT2D eigenvalue weighted by Crippen LogP contribution is -2.62. The summed E-state index contributed by atoms with van der Waals surface area (Å²) >= 11 is 11.9. The van der Waals surface area contributed by atoms with Crippen LogP contribution >= 0.6 is 23.2 Å². The van der Waals surface area contributed by atoms with E-state index in [-0.39, 0.29) is 23.2 Å². The molecule has 0 aromatic rings. The fraction of sp³-hybridized carbons (Fsp3) is 0.875. The lowest BCUT2D eigenvalue weighted by molar-refractivity contribution is -0.129. The summed E-state index contributed by atoms with van der Waals surface area (Å²) in [5, 5.41) is 5.72. The zero-order valence-electron chi connectivity index (χ0n) is 7.09. The molecule has 74 valence electrons. The first-order chi connectivity index (χ1) is 6.18. The number of halogens is 2. The SMILES string of the molecule is O=C1NC(Cl)NC2CCCC(Cl)C12. The van der Waals surface area contributed by atoms with E-state index in [1.807, 2.05) is 0 Å². The Kier molecular flexibility index (Phi) is 2.67. The third-order valence-electron chi connectivity index (χ3n) is 2.75. The molecule has 1 aliphatic heterocycles. The molecule has 0 spiro atoms. The minimum atomic E-state index is -0.435. The van der Waals surface area contributed by atoms with E-state index in [0.717, 1.165) is 19.3 Å². The lowest BCUT2D eigenvalue weighted by Gasteiger charge is -2.40. The van der Waals surface area contributed by atoms with E-state index in [9.17, 15) is 4.79 Å². The predicted octanol–water partition coefficient (Wildman–Crippen LogP) is 1.00. The molecule has 1 saturated carbocycles. The fourth-order valence-corrected chi connectivity index (χ4v) is 2.84. The van der Waals surface area contributed by atoms with Crippen LogP contribution in [-0.4, -0.2) is 23.0 Å². The van der Waals surface area contributed by atoms with E-state index >= 15 is 0 Å². The van der Waals surface area contributed by atoms with Crippen LogP contribution in [0.3, 0.4) is 0 Å². The molecule has 1 saturated heterocycles. The summed E-state index contributed by atoms with van der Waals surface area (Å²) in [5.74, 6) is -0.117. The number of carbonyl (C=O) groups is 1. The molecule has 2 rings (SSSR count). The second-order valence-electron chi connectivity index (χ2n) is 3.62. The minimum Gasteiger partial charge on any atom is -0.327 e. The lowest BCUT2D eigenvalue weighted by atomic mass is 9.82. The maximum absolute atomic E-state index is 11.5. The van der Waals surface area contributed by atoms with Gasteiger partial charge in [-0.05, 0) is 12.8 Å². The third-order valence-corrected chi connectivity index (χ3v) is 3.48. The van der Waals surface area contributed by atoms with Crippen LogP contribution in [0.2, 0.25) is 0 Å². The van der Waals surface area contributed by atoms with Crippen LogP contribution in [-0.2, 0) is 4.79 Å². The largest absolute Gasteiger partial charge is 0.327 e. The number of alkyl halides is 2. The molecule has 1 amide bonds. The normalized spacial score (nSPS) is 45.2. The highest BCUT2D eigenvalue weighted by Crippen LogP contribution is 2.31. The number of hydrogen-bond donors (Lipinski definition) is 2. The first kappa shape index (κ1) is 9.56. The van der Waals surface area contributed by atoms with Gasteiger partial charge in [-0.25, -0.2) is 0 Å². The number of fused-ring (bicyclic) bond motifs is 1. The predicted molar refractivity (Wildman–Crippen MR) is 51.7 cm³/mol. The molecule has 1 heterocycles. The summed E-state index contributed by atoms with van der Waals surface area (Å²) < 4.78 is 0. The van der Waals surface area contributed by atoms with E-state index in [2.05, 4.69) is 10.6 Å². The Morgan fingerprint density at radius 3 is 2.85 bits per heavy atom. The molecule has 0 aromatic heterocycles. The van der Waals surface area contributed by atoms with Crippen molar-refractivity contribution in [1.29, 1.82) is 0 Å². The van der Waals surface area contributed by atoms with Crippen molar-refractivity contribution in [2.75, 3.05) is 0 Å². The summed E-state index contributed by atoms with van der Waals surface area (Å²) in [6, 6.07) is 0.160. The summed E-state index contributed by atoms with van der Waals surface area (Å²) in [7, 11) is 0. The highest BCUT2D eigenvalue weighted by atomic mass is 35.5. The highest BCUT2D eigenvalue weighted by molar-refractivity contribution is 6.23. The third kappa shape index (κ3) is 1.78. The summed E-state index contributed by atoms with van der Waals surface area (Å²) in [4.78, 5) is 11.5. The summed E-state index contributed by atoms with van der Waals surface area (Å²) in [5.41, 5.74) is -0.435. The Labute approximate surface area is 87.1 Å². The number of nitrogens with one attached hydrogen (secondary N) is 2. The van der Waals surface area contributed by atoms with Crippen molar-refractivity contribution >= 4 is 29.1 Å². The smallest absolute Gasteiger partial charge is 0.228 e. The maximum atomic E-state index is 11.5. The summed E-state index contributed by atoms with van der Waals surface area (Å²) in [6.07, 6.45) is 2.98. The molecule has 13 heavy (non-hydrogen) atoms. The Balaban J connectivity index is 2.13. The molecule has 2 aliphatic rings. The molecule has 0 bridgehead atoms. The van der Waals surface area contributed by atoms with Crippen molar-refractivity contribution in [3.05, 3.63) is 0 Å².